The van der Waals surface area contributed by atoms with Gasteiger partial charge in [-0.25, -0.2) is 14.4 Å². The molecule has 1 aliphatic carbocycles. The van der Waals surface area contributed by atoms with Gasteiger partial charge in [0.05, 0.1) is 19.3 Å². The van der Waals surface area contributed by atoms with Crippen LogP contribution in [0.15, 0.2) is 24.3 Å². The zero-order valence-corrected chi connectivity index (χ0v) is 30.3. The number of carbonyl (C=O) groups is 4. The number of urea groups is 1. The zero-order valence-electron chi connectivity index (χ0n) is 30.3. The van der Waals surface area contributed by atoms with Gasteiger partial charge in [-0.2, -0.15) is 0 Å². The van der Waals surface area contributed by atoms with Gasteiger partial charge in [-0.05, 0) is 110 Å². The Kier molecular flexibility index (Phi) is 13.5. The highest BCUT2D eigenvalue weighted by Gasteiger charge is 2.44. The lowest BCUT2D eigenvalue weighted by Crippen LogP contribution is -2.62. The Balaban J connectivity index is 1.76. The Labute approximate surface area is 286 Å². The second-order valence-electron chi connectivity index (χ2n) is 15.7. The number of hydrogen-bond acceptors (Lipinski definition) is 8. The largest absolute Gasteiger partial charge is 0.494 e. The number of benzene rings is 1. The van der Waals surface area contributed by atoms with E-state index >= 15 is 0 Å². The molecule has 0 spiro atoms. The molecule has 0 saturated heterocycles. The Bertz CT molecular complexity index is 1230. The minimum Gasteiger partial charge on any atom is -0.494 e. The third-order valence-corrected chi connectivity index (χ3v) is 8.26. The van der Waals surface area contributed by atoms with Crippen LogP contribution < -0.4 is 26.0 Å². The summed E-state index contributed by atoms with van der Waals surface area (Å²) in [7, 11) is 0. The van der Waals surface area contributed by atoms with E-state index in [0.717, 1.165) is 24.2 Å². The Morgan fingerprint density at radius 2 is 1.54 bits per heavy atom. The molecule has 4 rings (SSSR count). The van der Waals surface area contributed by atoms with Crippen LogP contribution in [0.2, 0.25) is 0 Å². The van der Waals surface area contributed by atoms with Crippen LogP contribution in [-0.2, 0) is 30.2 Å². The first-order chi connectivity index (χ1) is 22.3. The normalized spacial score (nSPS) is 23.8. The van der Waals surface area contributed by atoms with E-state index in [0.29, 0.717) is 32.7 Å². The molecule has 1 saturated carbocycles. The molecule has 4 amide bonds. The molecule has 0 radical (unpaired) electrons. The quantitative estimate of drug-likeness (QED) is 0.294. The molecule has 1 aromatic carbocycles. The van der Waals surface area contributed by atoms with E-state index in [1.54, 1.807) is 48.5 Å². The summed E-state index contributed by atoms with van der Waals surface area (Å²) in [5.41, 5.74) is -1.96. The molecule has 3 aliphatic rings. The van der Waals surface area contributed by atoms with Crippen molar-refractivity contribution in [2.75, 3.05) is 19.8 Å². The molecule has 4 N–H and O–H groups in total. The van der Waals surface area contributed by atoms with Crippen LogP contribution in [0.25, 0.3) is 0 Å². The summed E-state index contributed by atoms with van der Waals surface area (Å²) in [6.45, 7) is 17.8. The molecule has 1 aromatic rings. The van der Waals surface area contributed by atoms with Crippen molar-refractivity contribution in [1.82, 2.24) is 21.3 Å². The molecule has 0 aromatic heterocycles. The van der Waals surface area contributed by atoms with Crippen LogP contribution in [0.3, 0.4) is 0 Å². The van der Waals surface area contributed by atoms with Crippen LogP contribution in [0.4, 0.5) is 9.59 Å². The average molecular weight is 675 g/mol. The van der Waals surface area contributed by atoms with Crippen molar-refractivity contribution in [3.8, 4) is 5.75 Å². The highest BCUT2D eigenvalue weighted by Crippen LogP contribution is 2.35. The predicted molar refractivity (Wildman–Crippen MR) is 183 cm³/mol. The van der Waals surface area contributed by atoms with Gasteiger partial charge in [0, 0.05) is 19.1 Å². The number of carbonyl (C=O) groups excluding carboxylic acids is 4. The lowest BCUT2D eigenvalue weighted by Gasteiger charge is -2.41. The molecule has 270 valence electrons. The number of esters is 1. The van der Waals surface area contributed by atoms with E-state index in [1.807, 2.05) is 38.1 Å². The fourth-order valence-corrected chi connectivity index (χ4v) is 5.65. The summed E-state index contributed by atoms with van der Waals surface area (Å²) in [4.78, 5) is 53.2. The standard InChI is InChI=1S/C36H58N4O8/c1-23(2)29-22-45-16-10-11-17-46-27-14-12-24(13-15-27)20-28(30(41)38-29)39-32(43)40-36(9,31(42)47-34(3,4)5)21-25-18-26(19-25)37-33(44)48-35(6,7)8/h12-15,23,25-26,28-29H,10-11,16-22H2,1-9H3,(H,37,44)(H,38,41)(H2,39,40,43)/t25?,26?,28-,29-,36+/m1/s1. The Morgan fingerprint density at radius 3 is 2.15 bits per heavy atom. The lowest BCUT2D eigenvalue weighted by atomic mass is 9.73. The van der Waals surface area contributed by atoms with Crippen molar-refractivity contribution in [1.29, 1.82) is 0 Å². The number of ether oxygens (including phenoxy) is 4. The van der Waals surface area contributed by atoms with E-state index in [1.165, 1.54) is 0 Å². The van der Waals surface area contributed by atoms with E-state index in [-0.39, 0.29) is 42.7 Å². The molecule has 0 unspecified atom stereocenters. The maximum atomic E-state index is 13.7. The summed E-state index contributed by atoms with van der Waals surface area (Å²) in [6.07, 6.45) is 2.93. The number of rotatable bonds is 7. The number of hydrogen-bond donors (Lipinski definition) is 4. The van der Waals surface area contributed by atoms with Crippen molar-refractivity contribution in [3.63, 3.8) is 0 Å². The second kappa shape index (κ2) is 16.7. The molecule has 12 heteroatoms. The highest BCUT2D eigenvalue weighted by molar-refractivity contribution is 5.91. The van der Waals surface area contributed by atoms with Gasteiger partial charge in [0.1, 0.15) is 28.5 Å². The van der Waals surface area contributed by atoms with Gasteiger partial charge in [0.25, 0.3) is 0 Å². The van der Waals surface area contributed by atoms with Crippen LogP contribution in [0.5, 0.6) is 5.75 Å². The minimum atomic E-state index is -1.40. The van der Waals surface area contributed by atoms with E-state index in [4.69, 9.17) is 18.9 Å². The van der Waals surface area contributed by atoms with Gasteiger partial charge >= 0.3 is 18.1 Å². The van der Waals surface area contributed by atoms with Crippen molar-refractivity contribution in [3.05, 3.63) is 29.8 Å². The first-order valence-corrected chi connectivity index (χ1v) is 17.2. The number of fused-ring (bicyclic) bond motifs is 13. The van der Waals surface area contributed by atoms with Crippen LogP contribution in [0, 0.1) is 11.8 Å². The number of alkyl carbamates (subject to hydrolysis) is 1. The fourth-order valence-electron chi connectivity index (χ4n) is 5.65. The molecule has 2 aliphatic heterocycles. The summed E-state index contributed by atoms with van der Waals surface area (Å²) in [5, 5.41) is 11.6. The second-order valence-corrected chi connectivity index (χ2v) is 15.7. The predicted octanol–water partition coefficient (Wildman–Crippen LogP) is 5.02. The number of nitrogens with one attached hydrogen (secondary N) is 4. The van der Waals surface area contributed by atoms with Gasteiger partial charge in [0.2, 0.25) is 5.91 Å². The average Bonchev–Trinajstić information content (AvgIpc) is 2.92. The third kappa shape index (κ3) is 13.2. The van der Waals surface area contributed by atoms with E-state index < -0.39 is 40.9 Å². The van der Waals surface area contributed by atoms with E-state index in [9.17, 15) is 19.2 Å². The van der Waals surface area contributed by atoms with Crippen molar-refractivity contribution >= 4 is 24.0 Å². The first kappa shape index (κ1) is 38.9. The molecule has 48 heavy (non-hydrogen) atoms. The monoisotopic (exact) mass is 674 g/mol. The van der Waals surface area contributed by atoms with Crippen molar-refractivity contribution in [2.45, 2.75) is 136 Å². The van der Waals surface area contributed by atoms with Crippen LogP contribution in [0.1, 0.15) is 100.0 Å². The van der Waals surface area contributed by atoms with Crippen LogP contribution in [-0.4, -0.2) is 78.7 Å². The molecule has 12 nitrogen and oxygen atoms in total. The van der Waals surface area contributed by atoms with Gasteiger partial charge < -0.3 is 40.2 Å². The molecule has 3 atom stereocenters. The Hall–Kier alpha value is -3.54. The first-order valence-electron chi connectivity index (χ1n) is 17.2. The van der Waals surface area contributed by atoms with Crippen molar-refractivity contribution in [2.24, 2.45) is 11.8 Å². The summed E-state index contributed by atoms with van der Waals surface area (Å²) in [5.74, 6) is -0.0821. The summed E-state index contributed by atoms with van der Waals surface area (Å²) >= 11 is 0. The van der Waals surface area contributed by atoms with Crippen molar-refractivity contribution < 1.29 is 38.1 Å². The summed E-state index contributed by atoms with van der Waals surface area (Å²) in [6, 6.07) is 5.50. The molecular weight excluding hydrogens is 616 g/mol. The minimum absolute atomic E-state index is 0.0289. The lowest BCUT2D eigenvalue weighted by molar-refractivity contribution is -0.163. The molecule has 2 heterocycles. The Morgan fingerprint density at radius 1 is 0.917 bits per heavy atom. The smallest absolute Gasteiger partial charge is 0.407 e. The maximum Gasteiger partial charge on any atom is 0.407 e. The van der Waals surface area contributed by atoms with E-state index in [2.05, 4.69) is 21.3 Å². The molecule has 1 fully saturated rings. The van der Waals surface area contributed by atoms with Gasteiger partial charge in [-0.15, -0.1) is 0 Å². The molecular formula is C36H58N4O8. The zero-order chi connectivity index (χ0) is 35.7. The third-order valence-electron chi connectivity index (χ3n) is 8.26. The van der Waals surface area contributed by atoms with Crippen LogP contribution >= 0.6 is 0 Å². The highest BCUT2D eigenvalue weighted by atomic mass is 16.6. The SMILES string of the molecule is CC(C)[C@H]1COCCCCOc2ccc(cc2)C[C@@H](NC(=O)N[C@@](C)(CC2CC(NC(=O)OC(C)(C)C)C2)C(=O)OC(C)(C)C)C(=O)N1. The van der Waals surface area contributed by atoms with Gasteiger partial charge in [-0.3, -0.25) is 4.79 Å². The number of amides is 4. The fraction of sp³-hybridized carbons (Fsp3) is 0.722. The van der Waals surface area contributed by atoms with Gasteiger partial charge in [-0.1, -0.05) is 26.0 Å². The maximum absolute atomic E-state index is 13.7. The summed E-state index contributed by atoms with van der Waals surface area (Å²) < 4.78 is 22.8. The molecule has 2 bridgehead atoms. The topological polar surface area (TPSA) is 153 Å². The van der Waals surface area contributed by atoms with Gasteiger partial charge in [0.15, 0.2) is 0 Å².